The lowest BCUT2D eigenvalue weighted by molar-refractivity contribution is -0.385. The summed E-state index contributed by atoms with van der Waals surface area (Å²) in [7, 11) is 0. The number of imidazole rings is 1. The Labute approximate surface area is 121 Å². The molecular weight excluding hydrogens is 299 g/mol. The molecule has 0 spiro atoms. The van der Waals surface area contributed by atoms with E-state index >= 15 is 0 Å². The highest BCUT2D eigenvalue weighted by Gasteiger charge is 2.17. The number of halogens is 1. The smallest absolute Gasteiger partial charge is 0.272 e. The Bertz CT molecular complexity index is 829. The number of thiazole rings is 1. The van der Waals surface area contributed by atoms with Crippen LogP contribution in [0.15, 0.2) is 29.8 Å². The molecule has 0 aliphatic heterocycles. The van der Waals surface area contributed by atoms with E-state index in [0.29, 0.717) is 10.7 Å². The molecule has 0 aliphatic rings. The second-order valence-electron chi connectivity index (χ2n) is 4.10. The van der Waals surface area contributed by atoms with Crippen molar-refractivity contribution >= 4 is 22.0 Å². The predicted octanol–water partition coefficient (Wildman–Crippen LogP) is 2.69. The highest BCUT2D eigenvalue weighted by molar-refractivity contribution is 7.15. The summed E-state index contributed by atoms with van der Waals surface area (Å²) < 4.78 is 21.0. The van der Waals surface area contributed by atoms with Crippen LogP contribution >= 0.6 is 11.3 Å². The van der Waals surface area contributed by atoms with Crippen molar-refractivity contribution < 1.29 is 14.1 Å². The first-order valence-electron chi connectivity index (χ1n) is 5.86. The zero-order valence-corrected chi connectivity index (χ0v) is 11.3. The Morgan fingerprint density at radius 3 is 3.00 bits per heavy atom. The van der Waals surface area contributed by atoms with Gasteiger partial charge in [-0.05, 0) is 6.07 Å². The number of benzene rings is 1. The molecule has 9 heteroatoms. The standard InChI is InChI=1S/C12H9FN4O3S/c13-8-5-7(17(18)19)1-2-10(8)20-11-9(6-14)16-3-4-21-12(16)15-11/h1-5H,6,14H2. The van der Waals surface area contributed by atoms with Crippen LogP contribution in [-0.4, -0.2) is 14.3 Å². The first-order chi connectivity index (χ1) is 10.1. The van der Waals surface area contributed by atoms with Crippen molar-refractivity contribution in [2.75, 3.05) is 0 Å². The molecule has 0 bridgehead atoms. The predicted molar refractivity (Wildman–Crippen MR) is 74.1 cm³/mol. The van der Waals surface area contributed by atoms with Crippen LogP contribution in [0, 0.1) is 15.9 Å². The summed E-state index contributed by atoms with van der Waals surface area (Å²) in [4.78, 5) is 14.8. The van der Waals surface area contributed by atoms with Gasteiger partial charge in [-0.25, -0.2) is 4.39 Å². The molecule has 2 N–H and O–H groups in total. The third-order valence-electron chi connectivity index (χ3n) is 2.85. The fourth-order valence-electron chi connectivity index (χ4n) is 1.87. The number of ether oxygens (including phenoxy) is 1. The number of nitro groups is 1. The van der Waals surface area contributed by atoms with E-state index in [2.05, 4.69) is 4.98 Å². The summed E-state index contributed by atoms with van der Waals surface area (Å²) in [6.07, 6.45) is 1.79. The van der Waals surface area contributed by atoms with Crippen LogP contribution in [0.3, 0.4) is 0 Å². The second-order valence-corrected chi connectivity index (χ2v) is 4.97. The molecule has 7 nitrogen and oxygen atoms in total. The van der Waals surface area contributed by atoms with E-state index in [9.17, 15) is 14.5 Å². The molecule has 0 amide bonds. The number of nitro benzene ring substituents is 1. The maximum absolute atomic E-state index is 13.8. The average molecular weight is 308 g/mol. The maximum Gasteiger partial charge on any atom is 0.272 e. The number of non-ortho nitro benzene ring substituents is 1. The van der Waals surface area contributed by atoms with Crippen LogP contribution in [0.1, 0.15) is 5.69 Å². The minimum absolute atomic E-state index is 0.138. The van der Waals surface area contributed by atoms with Crippen LogP contribution in [-0.2, 0) is 6.54 Å². The van der Waals surface area contributed by atoms with Gasteiger partial charge in [-0.2, -0.15) is 4.98 Å². The Morgan fingerprint density at radius 2 is 2.33 bits per heavy atom. The molecule has 0 aliphatic carbocycles. The van der Waals surface area contributed by atoms with Crippen LogP contribution in [0.5, 0.6) is 11.6 Å². The highest BCUT2D eigenvalue weighted by Crippen LogP contribution is 2.30. The second kappa shape index (κ2) is 5.11. The third kappa shape index (κ3) is 2.32. The summed E-state index contributed by atoms with van der Waals surface area (Å²) >= 11 is 1.39. The van der Waals surface area contributed by atoms with Crippen molar-refractivity contribution in [1.82, 2.24) is 9.38 Å². The first kappa shape index (κ1) is 13.5. The molecule has 21 heavy (non-hydrogen) atoms. The Hall–Kier alpha value is -2.52. The van der Waals surface area contributed by atoms with Gasteiger partial charge in [0, 0.05) is 24.2 Å². The number of nitrogens with two attached hydrogens (primary N) is 1. The third-order valence-corrected chi connectivity index (χ3v) is 3.61. The van der Waals surface area contributed by atoms with Crippen LogP contribution in [0.2, 0.25) is 0 Å². The van der Waals surface area contributed by atoms with Crippen molar-refractivity contribution in [3.05, 3.63) is 51.4 Å². The van der Waals surface area contributed by atoms with E-state index in [1.807, 2.05) is 5.38 Å². The van der Waals surface area contributed by atoms with E-state index in [4.69, 9.17) is 10.5 Å². The van der Waals surface area contributed by atoms with Gasteiger partial charge in [-0.1, -0.05) is 0 Å². The van der Waals surface area contributed by atoms with Gasteiger partial charge in [-0.3, -0.25) is 14.5 Å². The molecule has 0 saturated carbocycles. The zero-order valence-electron chi connectivity index (χ0n) is 10.5. The Balaban J connectivity index is 1.98. The molecule has 0 radical (unpaired) electrons. The lowest BCUT2D eigenvalue weighted by Gasteiger charge is -2.05. The number of fused-ring (bicyclic) bond motifs is 1. The lowest BCUT2D eigenvalue weighted by atomic mass is 10.3. The summed E-state index contributed by atoms with van der Waals surface area (Å²) in [6.45, 7) is 0.168. The van der Waals surface area contributed by atoms with Gasteiger partial charge in [-0.15, -0.1) is 11.3 Å². The summed E-state index contributed by atoms with van der Waals surface area (Å²) in [5.74, 6) is -0.776. The number of nitrogens with zero attached hydrogens (tertiary/aromatic N) is 3. The van der Waals surface area contributed by atoms with Gasteiger partial charge in [0.1, 0.15) is 5.69 Å². The summed E-state index contributed by atoms with van der Waals surface area (Å²) in [5, 5.41) is 12.4. The van der Waals surface area contributed by atoms with Crippen LogP contribution in [0.25, 0.3) is 4.96 Å². The molecule has 3 rings (SSSR count). The molecule has 0 unspecified atom stereocenters. The molecular formula is C12H9FN4O3S. The fraction of sp³-hybridized carbons (Fsp3) is 0.0833. The molecule has 0 fully saturated rings. The van der Waals surface area contributed by atoms with Gasteiger partial charge < -0.3 is 10.5 Å². The maximum atomic E-state index is 13.8. The van der Waals surface area contributed by atoms with Gasteiger partial charge >= 0.3 is 0 Å². The molecule has 2 aromatic heterocycles. The van der Waals surface area contributed by atoms with E-state index in [0.717, 1.165) is 6.07 Å². The van der Waals surface area contributed by atoms with E-state index < -0.39 is 10.7 Å². The molecule has 0 saturated heterocycles. The molecule has 2 heterocycles. The molecule has 1 aromatic carbocycles. The lowest BCUT2D eigenvalue weighted by Crippen LogP contribution is -2.02. The van der Waals surface area contributed by atoms with Crippen molar-refractivity contribution in [1.29, 1.82) is 0 Å². The van der Waals surface area contributed by atoms with Gasteiger partial charge in [0.25, 0.3) is 5.69 Å². The Morgan fingerprint density at radius 1 is 1.52 bits per heavy atom. The molecule has 108 valence electrons. The minimum atomic E-state index is -0.830. The van der Waals surface area contributed by atoms with Gasteiger partial charge in [0.2, 0.25) is 5.88 Å². The van der Waals surface area contributed by atoms with E-state index in [1.54, 1.807) is 10.6 Å². The van der Waals surface area contributed by atoms with Crippen molar-refractivity contribution in [3.63, 3.8) is 0 Å². The van der Waals surface area contributed by atoms with Crippen molar-refractivity contribution in [2.24, 2.45) is 5.73 Å². The normalized spacial score (nSPS) is 11.0. The number of aromatic nitrogens is 2. The number of rotatable bonds is 4. The molecule has 0 atom stereocenters. The SMILES string of the molecule is NCc1c(Oc2ccc([N+](=O)[O-])cc2F)nc2sccn12. The quantitative estimate of drug-likeness (QED) is 0.590. The minimum Gasteiger partial charge on any atom is -0.434 e. The summed E-state index contributed by atoms with van der Waals surface area (Å²) in [6, 6.07) is 3.16. The van der Waals surface area contributed by atoms with Gasteiger partial charge in [0.15, 0.2) is 16.5 Å². The van der Waals surface area contributed by atoms with Crippen molar-refractivity contribution in [2.45, 2.75) is 6.54 Å². The highest BCUT2D eigenvalue weighted by atomic mass is 32.1. The van der Waals surface area contributed by atoms with Gasteiger partial charge in [0.05, 0.1) is 11.0 Å². The van der Waals surface area contributed by atoms with E-state index in [1.165, 1.54) is 23.5 Å². The van der Waals surface area contributed by atoms with E-state index in [-0.39, 0.29) is 23.9 Å². The van der Waals surface area contributed by atoms with Crippen molar-refractivity contribution in [3.8, 4) is 11.6 Å². The number of hydrogen-bond donors (Lipinski definition) is 1. The Kier molecular flexibility index (Phi) is 3.28. The summed E-state index contributed by atoms with van der Waals surface area (Å²) in [5.41, 5.74) is 5.91. The topological polar surface area (TPSA) is 95.7 Å². The van der Waals surface area contributed by atoms with Crippen LogP contribution < -0.4 is 10.5 Å². The monoisotopic (exact) mass is 308 g/mol. The largest absolute Gasteiger partial charge is 0.434 e. The fourth-order valence-corrected chi connectivity index (χ4v) is 2.59. The molecule has 3 aromatic rings. The zero-order chi connectivity index (χ0) is 15.0. The number of hydrogen-bond acceptors (Lipinski definition) is 6. The first-order valence-corrected chi connectivity index (χ1v) is 6.74. The van der Waals surface area contributed by atoms with Crippen LogP contribution in [0.4, 0.5) is 10.1 Å². The average Bonchev–Trinajstić information content (AvgIpc) is 3.00.